The van der Waals surface area contributed by atoms with Gasteiger partial charge in [0, 0.05) is 17.3 Å². The Labute approximate surface area is 225 Å². The molecule has 0 fully saturated rings. The van der Waals surface area contributed by atoms with Gasteiger partial charge < -0.3 is 10.1 Å². The van der Waals surface area contributed by atoms with E-state index in [-0.39, 0.29) is 18.8 Å². The fraction of sp³-hybridized carbons (Fsp3) is 0.259. The SMILES string of the molecule is COc1cc(NC(=O)CN2CC(C)(c3ccccc3)C(c3ccc(C(F)(F)F)c(Cl)c3)=N2)ccc1C(F)(F)F. The Morgan fingerprint density at radius 1 is 1.00 bits per heavy atom. The Morgan fingerprint density at radius 3 is 2.23 bits per heavy atom. The minimum atomic E-state index is -4.63. The first-order chi connectivity index (χ1) is 18.2. The molecule has 1 unspecified atom stereocenters. The monoisotopic (exact) mass is 569 g/mol. The van der Waals surface area contributed by atoms with Crippen LogP contribution < -0.4 is 10.1 Å². The molecule has 1 heterocycles. The second-order valence-corrected chi connectivity index (χ2v) is 9.53. The summed E-state index contributed by atoms with van der Waals surface area (Å²) >= 11 is 5.97. The highest BCUT2D eigenvalue weighted by Gasteiger charge is 2.42. The van der Waals surface area contributed by atoms with Crippen LogP contribution in [0.4, 0.5) is 32.0 Å². The molecule has 4 rings (SSSR count). The predicted molar refractivity (Wildman–Crippen MR) is 135 cm³/mol. The highest BCUT2D eigenvalue weighted by Crippen LogP contribution is 2.40. The number of amides is 1. The number of alkyl halides is 6. The van der Waals surface area contributed by atoms with Crippen LogP contribution in [-0.4, -0.2) is 36.8 Å². The molecule has 0 bridgehead atoms. The third kappa shape index (κ3) is 5.98. The lowest BCUT2D eigenvalue weighted by Crippen LogP contribution is -2.38. The summed E-state index contributed by atoms with van der Waals surface area (Å²) in [5.74, 6) is -1.01. The van der Waals surface area contributed by atoms with Crippen LogP contribution in [-0.2, 0) is 22.6 Å². The molecule has 206 valence electrons. The van der Waals surface area contributed by atoms with Gasteiger partial charge in [0.2, 0.25) is 5.91 Å². The van der Waals surface area contributed by atoms with Crippen molar-refractivity contribution in [2.45, 2.75) is 24.7 Å². The summed E-state index contributed by atoms with van der Waals surface area (Å²) in [4.78, 5) is 12.8. The van der Waals surface area contributed by atoms with Crippen molar-refractivity contribution in [3.05, 3.63) is 94.0 Å². The first-order valence-electron chi connectivity index (χ1n) is 11.5. The van der Waals surface area contributed by atoms with Gasteiger partial charge in [-0.15, -0.1) is 0 Å². The maximum Gasteiger partial charge on any atom is 0.419 e. The first kappa shape index (κ1) is 28.3. The maximum atomic E-state index is 13.3. The normalized spacial score (nSPS) is 17.7. The van der Waals surface area contributed by atoms with Crippen LogP contribution in [0.2, 0.25) is 5.02 Å². The van der Waals surface area contributed by atoms with Crippen molar-refractivity contribution in [1.29, 1.82) is 0 Å². The fourth-order valence-electron chi connectivity index (χ4n) is 4.49. The van der Waals surface area contributed by atoms with Gasteiger partial charge in [-0.05, 0) is 36.8 Å². The van der Waals surface area contributed by atoms with Crippen LogP contribution in [0.1, 0.15) is 29.2 Å². The average Bonchev–Trinajstić information content (AvgIpc) is 3.19. The van der Waals surface area contributed by atoms with Crippen molar-refractivity contribution in [1.82, 2.24) is 5.01 Å². The van der Waals surface area contributed by atoms with E-state index in [1.54, 1.807) is 0 Å². The number of anilines is 1. The van der Waals surface area contributed by atoms with Crippen molar-refractivity contribution in [3.8, 4) is 5.75 Å². The summed E-state index contributed by atoms with van der Waals surface area (Å²) in [7, 11) is 1.09. The number of benzene rings is 3. The molecule has 3 aromatic rings. The number of nitrogens with one attached hydrogen (secondary N) is 1. The number of halogens is 7. The minimum Gasteiger partial charge on any atom is -0.496 e. The van der Waals surface area contributed by atoms with E-state index < -0.39 is 45.6 Å². The van der Waals surface area contributed by atoms with Crippen LogP contribution in [0.15, 0.2) is 71.8 Å². The highest BCUT2D eigenvalue weighted by molar-refractivity contribution is 6.32. The Balaban J connectivity index is 1.62. The van der Waals surface area contributed by atoms with Gasteiger partial charge in [0.1, 0.15) is 12.3 Å². The fourth-order valence-corrected chi connectivity index (χ4v) is 4.78. The third-order valence-electron chi connectivity index (χ3n) is 6.34. The van der Waals surface area contributed by atoms with Gasteiger partial charge in [-0.25, -0.2) is 0 Å². The van der Waals surface area contributed by atoms with Gasteiger partial charge in [0.25, 0.3) is 0 Å². The Morgan fingerprint density at radius 2 is 1.64 bits per heavy atom. The smallest absolute Gasteiger partial charge is 0.419 e. The molecule has 1 amide bonds. The zero-order valence-corrected chi connectivity index (χ0v) is 21.4. The zero-order chi connectivity index (χ0) is 28.6. The topological polar surface area (TPSA) is 53.9 Å². The zero-order valence-electron chi connectivity index (χ0n) is 20.6. The Hall–Kier alpha value is -3.73. The predicted octanol–water partition coefficient (Wildman–Crippen LogP) is 7.00. The molecule has 12 heteroatoms. The highest BCUT2D eigenvalue weighted by atomic mass is 35.5. The number of methoxy groups -OCH3 is 1. The van der Waals surface area contributed by atoms with Crippen LogP contribution in [0.25, 0.3) is 0 Å². The van der Waals surface area contributed by atoms with E-state index in [1.807, 2.05) is 37.3 Å². The van der Waals surface area contributed by atoms with Gasteiger partial charge in [-0.2, -0.15) is 31.4 Å². The molecule has 0 aliphatic carbocycles. The van der Waals surface area contributed by atoms with Crippen LogP contribution in [0, 0.1) is 0 Å². The van der Waals surface area contributed by atoms with Gasteiger partial charge in [0.05, 0.1) is 40.9 Å². The van der Waals surface area contributed by atoms with Crippen molar-refractivity contribution in [2.75, 3.05) is 25.5 Å². The second kappa shape index (κ2) is 10.4. The molecule has 0 spiro atoms. The number of ether oxygens (including phenoxy) is 1. The summed E-state index contributed by atoms with van der Waals surface area (Å²) < 4.78 is 84.0. The first-order valence-corrected chi connectivity index (χ1v) is 11.9. The molecule has 1 aliphatic heterocycles. The van der Waals surface area contributed by atoms with E-state index in [9.17, 15) is 31.1 Å². The lowest BCUT2D eigenvalue weighted by molar-refractivity contribution is -0.139. The van der Waals surface area contributed by atoms with E-state index in [4.69, 9.17) is 16.3 Å². The molecular formula is C27H22ClF6N3O2. The number of nitrogens with zero attached hydrogens (tertiary/aromatic N) is 2. The summed E-state index contributed by atoms with van der Waals surface area (Å²) in [6.07, 6.45) is -9.25. The number of hydrogen-bond donors (Lipinski definition) is 1. The van der Waals surface area contributed by atoms with E-state index in [1.165, 1.54) is 17.1 Å². The number of hydrazone groups is 1. The molecule has 1 atom stereocenters. The number of carbonyl (C=O) groups is 1. The Kier molecular flexibility index (Phi) is 7.57. The van der Waals surface area contributed by atoms with E-state index in [2.05, 4.69) is 10.4 Å². The average molecular weight is 570 g/mol. The standard InChI is InChI=1S/C27H22ClF6N3O2/c1-25(17-6-4-3-5-7-17)15-37(36-24(25)16-8-10-19(21(28)12-16)26(29,30)31)14-23(38)35-18-9-11-20(27(32,33)34)22(13-18)39-2/h3-13H,14-15H2,1-2H3,(H,35,38). The lowest BCUT2D eigenvalue weighted by atomic mass is 9.76. The molecular weight excluding hydrogens is 548 g/mol. The van der Waals surface area contributed by atoms with E-state index in [0.29, 0.717) is 11.3 Å². The summed E-state index contributed by atoms with van der Waals surface area (Å²) in [6.45, 7) is 1.78. The van der Waals surface area contributed by atoms with Crippen molar-refractivity contribution in [3.63, 3.8) is 0 Å². The molecule has 39 heavy (non-hydrogen) atoms. The van der Waals surface area contributed by atoms with Gasteiger partial charge in [-0.1, -0.05) is 48.0 Å². The summed E-state index contributed by atoms with van der Waals surface area (Å²) in [6, 6.07) is 15.5. The molecule has 1 aliphatic rings. The van der Waals surface area contributed by atoms with Crippen molar-refractivity contribution < 1.29 is 35.9 Å². The van der Waals surface area contributed by atoms with Crippen LogP contribution >= 0.6 is 11.6 Å². The molecule has 5 nitrogen and oxygen atoms in total. The van der Waals surface area contributed by atoms with Crippen LogP contribution in [0.3, 0.4) is 0 Å². The molecule has 0 radical (unpaired) electrons. The quantitative estimate of drug-likeness (QED) is 0.325. The maximum absolute atomic E-state index is 13.3. The third-order valence-corrected chi connectivity index (χ3v) is 6.65. The van der Waals surface area contributed by atoms with Crippen LogP contribution in [0.5, 0.6) is 5.75 Å². The van der Waals surface area contributed by atoms with E-state index in [0.717, 1.165) is 36.9 Å². The lowest BCUT2D eigenvalue weighted by Gasteiger charge is -2.27. The molecule has 3 aromatic carbocycles. The van der Waals surface area contributed by atoms with Gasteiger partial charge >= 0.3 is 12.4 Å². The number of rotatable bonds is 6. The number of carbonyl (C=O) groups excluding carboxylic acids is 1. The second-order valence-electron chi connectivity index (χ2n) is 9.12. The number of hydrogen-bond acceptors (Lipinski definition) is 4. The van der Waals surface area contributed by atoms with Gasteiger partial charge in [-0.3, -0.25) is 9.80 Å². The molecule has 0 aromatic heterocycles. The van der Waals surface area contributed by atoms with Crippen molar-refractivity contribution >= 4 is 28.9 Å². The largest absolute Gasteiger partial charge is 0.496 e. The van der Waals surface area contributed by atoms with E-state index >= 15 is 0 Å². The molecule has 0 saturated carbocycles. The molecule has 0 saturated heterocycles. The minimum absolute atomic E-state index is 0.0913. The van der Waals surface area contributed by atoms with Gasteiger partial charge in [0.15, 0.2) is 0 Å². The summed E-state index contributed by atoms with van der Waals surface area (Å²) in [5.41, 5.74) is -1.10. The summed E-state index contributed by atoms with van der Waals surface area (Å²) in [5, 5.41) is 8.06. The Bertz CT molecular complexity index is 1410. The van der Waals surface area contributed by atoms with Crippen molar-refractivity contribution in [2.24, 2.45) is 5.10 Å². The molecule has 1 N–H and O–H groups in total.